The summed E-state index contributed by atoms with van der Waals surface area (Å²) in [5, 5.41) is 8.91. The first-order valence-corrected chi connectivity index (χ1v) is 8.65. The third-order valence-electron chi connectivity index (χ3n) is 4.15. The van der Waals surface area contributed by atoms with Crippen LogP contribution in [0, 0.1) is 0 Å². The first kappa shape index (κ1) is 18.9. The summed E-state index contributed by atoms with van der Waals surface area (Å²) in [7, 11) is 1.57. The summed E-state index contributed by atoms with van der Waals surface area (Å²) in [4.78, 5) is 38.3. The summed E-state index contributed by atoms with van der Waals surface area (Å²) in [6, 6.07) is 14.2. The fourth-order valence-corrected chi connectivity index (χ4v) is 2.76. The van der Waals surface area contributed by atoms with Gasteiger partial charge in [0.05, 0.1) is 6.42 Å². The number of amides is 3. The highest BCUT2D eigenvalue weighted by atomic mass is 16.2. The van der Waals surface area contributed by atoms with Crippen LogP contribution in [-0.2, 0) is 16.0 Å². The maximum atomic E-state index is 12.3. The van der Waals surface area contributed by atoms with E-state index in [4.69, 9.17) is 0 Å². The number of hydrogen-bond acceptors (Lipinski definition) is 3. The van der Waals surface area contributed by atoms with E-state index in [0.717, 1.165) is 16.5 Å². The fourth-order valence-electron chi connectivity index (χ4n) is 2.76. The third kappa shape index (κ3) is 4.45. The number of anilines is 2. The molecule has 0 fully saturated rings. The molecule has 0 aliphatic rings. The van der Waals surface area contributed by atoms with Crippen LogP contribution in [0.15, 0.2) is 61.2 Å². The average molecular weight is 376 g/mol. The van der Waals surface area contributed by atoms with Gasteiger partial charge in [-0.3, -0.25) is 14.4 Å². The second kappa shape index (κ2) is 8.22. The largest absolute Gasteiger partial charge is 0.354 e. The maximum Gasteiger partial charge on any atom is 0.267 e. The number of aromatic nitrogens is 1. The quantitative estimate of drug-likeness (QED) is 0.497. The van der Waals surface area contributed by atoms with Crippen molar-refractivity contribution in [3.05, 3.63) is 72.4 Å². The lowest BCUT2D eigenvalue weighted by Gasteiger charge is -2.07. The molecule has 1 heterocycles. The minimum Gasteiger partial charge on any atom is -0.354 e. The van der Waals surface area contributed by atoms with Crippen molar-refractivity contribution in [3.8, 4) is 0 Å². The van der Waals surface area contributed by atoms with Gasteiger partial charge < -0.3 is 20.9 Å². The van der Waals surface area contributed by atoms with E-state index < -0.39 is 0 Å². The zero-order valence-electron chi connectivity index (χ0n) is 15.3. The van der Waals surface area contributed by atoms with Crippen LogP contribution in [0.2, 0.25) is 0 Å². The maximum absolute atomic E-state index is 12.3. The van der Waals surface area contributed by atoms with Crippen molar-refractivity contribution in [1.82, 2.24) is 10.3 Å². The summed E-state index contributed by atoms with van der Waals surface area (Å²) in [5.41, 5.74) is 3.38. The van der Waals surface area contributed by atoms with Gasteiger partial charge in [0.1, 0.15) is 5.69 Å². The van der Waals surface area contributed by atoms with E-state index in [9.17, 15) is 14.4 Å². The van der Waals surface area contributed by atoms with Crippen LogP contribution in [0.3, 0.4) is 0 Å². The topological polar surface area (TPSA) is 103 Å². The Morgan fingerprint density at radius 3 is 2.39 bits per heavy atom. The Labute approximate surface area is 161 Å². The van der Waals surface area contributed by atoms with Gasteiger partial charge in [-0.15, -0.1) is 0 Å². The Kier molecular flexibility index (Phi) is 5.55. The molecule has 3 aromatic rings. The molecular formula is C21H20N4O3. The number of carbonyl (C=O) groups is 3. The molecule has 28 heavy (non-hydrogen) atoms. The van der Waals surface area contributed by atoms with Crippen LogP contribution in [0.5, 0.6) is 0 Å². The van der Waals surface area contributed by atoms with Crippen molar-refractivity contribution >= 4 is 40.0 Å². The summed E-state index contributed by atoms with van der Waals surface area (Å²) < 4.78 is 0. The first-order chi connectivity index (χ1) is 13.5. The van der Waals surface area contributed by atoms with Crippen LogP contribution >= 0.6 is 0 Å². The molecule has 0 saturated heterocycles. The number of fused-ring (bicyclic) bond motifs is 1. The van der Waals surface area contributed by atoms with E-state index in [1.54, 1.807) is 43.4 Å². The standard InChI is InChI=1S/C21H20N4O3/c1-3-19(26)23-15-6-4-13(5-7-15)10-20(27)24-16-8-9-17-14(11-16)12-18(25-17)21(28)22-2/h3-9,11-12,25H,1,10H2,2H3,(H,22,28)(H,23,26)(H,24,27). The second-order valence-corrected chi connectivity index (χ2v) is 6.18. The van der Waals surface area contributed by atoms with Gasteiger partial charge in [-0.2, -0.15) is 0 Å². The predicted molar refractivity (Wildman–Crippen MR) is 109 cm³/mol. The van der Waals surface area contributed by atoms with Crippen LogP contribution in [0.4, 0.5) is 11.4 Å². The van der Waals surface area contributed by atoms with E-state index in [0.29, 0.717) is 17.1 Å². The molecule has 1 aromatic heterocycles. The lowest BCUT2D eigenvalue weighted by atomic mass is 10.1. The molecule has 0 saturated carbocycles. The Hall–Kier alpha value is -3.87. The number of carbonyl (C=O) groups excluding carboxylic acids is 3. The zero-order chi connectivity index (χ0) is 20.1. The van der Waals surface area contributed by atoms with Crippen molar-refractivity contribution < 1.29 is 14.4 Å². The lowest BCUT2D eigenvalue weighted by Crippen LogP contribution is -2.17. The van der Waals surface area contributed by atoms with Gasteiger partial charge in [0, 0.05) is 29.3 Å². The second-order valence-electron chi connectivity index (χ2n) is 6.18. The molecule has 0 unspecified atom stereocenters. The SMILES string of the molecule is C=CC(=O)Nc1ccc(CC(=O)Nc2ccc3[nH]c(C(=O)NC)cc3c2)cc1. The van der Waals surface area contributed by atoms with E-state index in [1.807, 2.05) is 12.1 Å². The van der Waals surface area contributed by atoms with E-state index in [2.05, 4.69) is 27.5 Å². The number of hydrogen-bond donors (Lipinski definition) is 4. The molecule has 3 amide bonds. The molecule has 7 heteroatoms. The highest BCUT2D eigenvalue weighted by Gasteiger charge is 2.09. The van der Waals surface area contributed by atoms with Gasteiger partial charge in [0.15, 0.2) is 0 Å². The molecule has 142 valence electrons. The van der Waals surface area contributed by atoms with Crippen molar-refractivity contribution in [2.75, 3.05) is 17.7 Å². The number of aromatic amines is 1. The fraction of sp³-hybridized carbons (Fsp3) is 0.0952. The average Bonchev–Trinajstić information content (AvgIpc) is 3.12. The minimum absolute atomic E-state index is 0.163. The molecule has 7 nitrogen and oxygen atoms in total. The van der Waals surface area contributed by atoms with E-state index in [1.165, 1.54) is 6.08 Å². The highest BCUT2D eigenvalue weighted by molar-refractivity contribution is 6.00. The molecule has 0 atom stereocenters. The molecule has 0 bridgehead atoms. The first-order valence-electron chi connectivity index (χ1n) is 8.65. The molecule has 3 rings (SSSR count). The number of rotatable bonds is 6. The lowest BCUT2D eigenvalue weighted by molar-refractivity contribution is -0.115. The van der Waals surface area contributed by atoms with Gasteiger partial charge in [-0.05, 0) is 48.0 Å². The summed E-state index contributed by atoms with van der Waals surface area (Å²) in [5.74, 6) is -0.649. The number of H-pyrrole nitrogens is 1. The summed E-state index contributed by atoms with van der Waals surface area (Å²) in [6.07, 6.45) is 1.39. The van der Waals surface area contributed by atoms with Crippen LogP contribution < -0.4 is 16.0 Å². The molecule has 0 aliphatic heterocycles. The molecule has 4 N–H and O–H groups in total. The van der Waals surface area contributed by atoms with Gasteiger partial charge in [-0.1, -0.05) is 18.7 Å². The van der Waals surface area contributed by atoms with Gasteiger partial charge in [0.2, 0.25) is 11.8 Å². The van der Waals surface area contributed by atoms with Gasteiger partial charge in [-0.25, -0.2) is 0 Å². The molecule has 0 spiro atoms. The zero-order valence-corrected chi connectivity index (χ0v) is 15.3. The summed E-state index contributed by atoms with van der Waals surface area (Å²) >= 11 is 0. The molecule has 2 aromatic carbocycles. The third-order valence-corrected chi connectivity index (χ3v) is 4.15. The minimum atomic E-state index is -0.287. The van der Waals surface area contributed by atoms with Crippen molar-refractivity contribution in [1.29, 1.82) is 0 Å². The number of benzene rings is 2. The Morgan fingerprint density at radius 2 is 1.71 bits per heavy atom. The van der Waals surface area contributed by atoms with Gasteiger partial charge >= 0.3 is 0 Å². The normalized spacial score (nSPS) is 10.3. The van der Waals surface area contributed by atoms with Crippen molar-refractivity contribution in [2.24, 2.45) is 0 Å². The predicted octanol–water partition coefficient (Wildman–Crippen LogP) is 2.83. The number of nitrogens with one attached hydrogen (secondary N) is 4. The smallest absolute Gasteiger partial charge is 0.267 e. The Balaban J connectivity index is 1.65. The van der Waals surface area contributed by atoms with Crippen LogP contribution in [0.1, 0.15) is 16.1 Å². The monoisotopic (exact) mass is 376 g/mol. The van der Waals surface area contributed by atoms with E-state index in [-0.39, 0.29) is 24.1 Å². The van der Waals surface area contributed by atoms with E-state index >= 15 is 0 Å². The van der Waals surface area contributed by atoms with Crippen molar-refractivity contribution in [3.63, 3.8) is 0 Å². The molecule has 0 radical (unpaired) electrons. The summed E-state index contributed by atoms with van der Waals surface area (Å²) in [6.45, 7) is 3.40. The Morgan fingerprint density at radius 1 is 1.00 bits per heavy atom. The van der Waals surface area contributed by atoms with Gasteiger partial charge in [0.25, 0.3) is 5.91 Å². The van der Waals surface area contributed by atoms with Crippen molar-refractivity contribution in [2.45, 2.75) is 6.42 Å². The molecule has 0 aliphatic carbocycles. The van der Waals surface area contributed by atoms with Crippen LogP contribution in [0.25, 0.3) is 10.9 Å². The molecular weight excluding hydrogens is 356 g/mol. The Bertz CT molecular complexity index is 1050. The highest BCUT2D eigenvalue weighted by Crippen LogP contribution is 2.20. The van der Waals surface area contributed by atoms with Crippen LogP contribution in [-0.4, -0.2) is 29.8 Å².